The minimum atomic E-state index is -0.765. The number of aliphatic hydroxyl groups is 1. The number of nitrogens with zero attached hydrogens (tertiary/aromatic N) is 1. The fourth-order valence-electron chi connectivity index (χ4n) is 2.86. The van der Waals surface area contributed by atoms with Gasteiger partial charge in [0.25, 0.3) is 0 Å². The van der Waals surface area contributed by atoms with Crippen LogP contribution in [-0.4, -0.2) is 28.6 Å². The van der Waals surface area contributed by atoms with Gasteiger partial charge in [-0.05, 0) is 37.3 Å². The van der Waals surface area contributed by atoms with Crippen LogP contribution in [0.25, 0.3) is 6.08 Å². The van der Waals surface area contributed by atoms with E-state index in [1.165, 1.54) is 6.07 Å². The van der Waals surface area contributed by atoms with Crippen LogP contribution in [0.3, 0.4) is 0 Å². The summed E-state index contributed by atoms with van der Waals surface area (Å²) in [6, 6.07) is 11.5. The van der Waals surface area contributed by atoms with Crippen molar-refractivity contribution in [1.82, 2.24) is 0 Å². The number of thioether (sulfide) groups is 1. The maximum absolute atomic E-state index is 14.0. The van der Waals surface area contributed by atoms with Crippen molar-refractivity contribution in [1.29, 1.82) is 0 Å². The average molecular weight is 534 g/mol. The van der Waals surface area contributed by atoms with E-state index in [1.54, 1.807) is 56.3 Å². The van der Waals surface area contributed by atoms with E-state index in [9.17, 15) is 19.1 Å². The summed E-state index contributed by atoms with van der Waals surface area (Å²) in [5, 5.41) is 10.8. The Bertz CT molecular complexity index is 1180. The standard InChI is InChI=1S/C24H21BrFNO5S/c1-3-20(28)27-23-21(24(30)31-4-2)22(29)19(33-23)12-15-11-16(25)9-10-18(15)32-13-14-7-5-6-8-17(14)26/h5-12,29H,3-4,13H2,1-2H3/b19-12-,27-23?. The van der Waals surface area contributed by atoms with Crippen LogP contribution in [0.1, 0.15) is 31.4 Å². The molecule has 1 heterocycles. The molecule has 0 saturated heterocycles. The van der Waals surface area contributed by atoms with E-state index in [-0.39, 0.29) is 41.8 Å². The summed E-state index contributed by atoms with van der Waals surface area (Å²) in [5.41, 5.74) is 0.814. The molecule has 0 aromatic heterocycles. The summed E-state index contributed by atoms with van der Waals surface area (Å²) in [7, 11) is 0. The smallest absolute Gasteiger partial charge is 0.344 e. The molecule has 9 heteroatoms. The highest BCUT2D eigenvalue weighted by molar-refractivity contribution is 9.10. The van der Waals surface area contributed by atoms with Crippen LogP contribution in [0, 0.1) is 5.82 Å². The van der Waals surface area contributed by atoms with Gasteiger partial charge in [0, 0.05) is 22.0 Å². The molecule has 0 saturated carbocycles. The number of aliphatic imine (C=N–C) groups is 1. The molecule has 172 valence electrons. The fraction of sp³-hybridized carbons (Fsp3) is 0.208. The predicted octanol–water partition coefficient (Wildman–Crippen LogP) is 5.97. The zero-order valence-corrected chi connectivity index (χ0v) is 20.3. The molecular formula is C24H21BrFNO5S. The van der Waals surface area contributed by atoms with Crippen LogP contribution < -0.4 is 4.74 Å². The SMILES string of the molecule is CCOC(=O)C1=C(O)/C(=C/c2cc(Br)ccc2OCc2ccccc2F)SC1=NC(=O)CC. The monoisotopic (exact) mass is 533 g/mol. The number of esters is 1. The van der Waals surface area contributed by atoms with E-state index in [0.29, 0.717) is 21.8 Å². The predicted molar refractivity (Wildman–Crippen MR) is 129 cm³/mol. The maximum Gasteiger partial charge on any atom is 0.344 e. The third kappa shape index (κ3) is 6.11. The lowest BCUT2D eigenvalue weighted by Gasteiger charge is -2.11. The number of halogens is 2. The van der Waals surface area contributed by atoms with E-state index in [1.807, 2.05) is 0 Å². The van der Waals surface area contributed by atoms with Gasteiger partial charge < -0.3 is 14.6 Å². The van der Waals surface area contributed by atoms with E-state index in [0.717, 1.165) is 16.2 Å². The second kappa shape index (κ2) is 11.3. The van der Waals surface area contributed by atoms with Crippen molar-refractivity contribution in [2.24, 2.45) is 4.99 Å². The zero-order chi connectivity index (χ0) is 24.0. The lowest BCUT2D eigenvalue weighted by atomic mass is 10.1. The van der Waals surface area contributed by atoms with Crippen molar-refractivity contribution in [3.63, 3.8) is 0 Å². The van der Waals surface area contributed by atoms with Gasteiger partial charge in [-0.1, -0.05) is 52.8 Å². The van der Waals surface area contributed by atoms with Gasteiger partial charge in [-0.15, -0.1) is 0 Å². The second-order valence-electron chi connectivity index (χ2n) is 6.78. The Hall–Kier alpha value is -2.91. The molecule has 33 heavy (non-hydrogen) atoms. The van der Waals surface area contributed by atoms with Crippen LogP contribution in [0.2, 0.25) is 0 Å². The minimum Gasteiger partial charge on any atom is -0.506 e. The molecule has 0 atom stereocenters. The highest BCUT2D eigenvalue weighted by atomic mass is 79.9. The Morgan fingerprint density at radius 3 is 2.67 bits per heavy atom. The van der Waals surface area contributed by atoms with Gasteiger partial charge in [0.2, 0.25) is 5.91 Å². The molecule has 0 radical (unpaired) electrons. The number of carbonyl (C=O) groups excluding carboxylic acids is 2. The zero-order valence-electron chi connectivity index (χ0n) is 17.9. The van der Waals surface area contributed by atoms with Crippen molar-refractivity contribution in [2.75, 3.05) is 6.61 Å². The molecule has 0 unspecified atom stereocenters. The molecule has 6 nitrogen and oxygen atoms in total. The topological polar surface area (TPSA) is 85.2 Å². The molecule has 1 N–H and O–H groups in total. The Morgan fingerprint density at radius 2 is 1.97 bits per heavy atom. The van der Waals surface area contributed by atoms with Gasteiger partial charge in [0.15, 0.2) is 0 Å². The van der Waals surface area contributed by atoms with Crippen LogP contribution in [0.4, 0.5) is 4.39 Å². The summed E-state index contributed by atoms with van der Waals surface area (Å²) in [6.45, 7) is 3.40. The summed E-state index contributed by atoms with van der Waals surface area (Å²) >= 11 is 4.39. The van der Waals surface area contributed by atoms with Crippen molar-refractivity contribution in [3.05, 3.63) is 80.1 Å². The number of amides is 1. The van der Waals surface area contributed by atoms with E-state index in [2.05, 4.69) is 20.9 Å². The Morgan fingerprint density at radius 1 is 1.21 bits per heavy atom. The highest BCUT2D eigenvalue weighted by Gasteiger charge is 2.33. The number of aliphatic hydroxyl groups excluding tert-OH is 1. The first-order valence-electron chi connectivity index (χ1n) is 10.1. The molecule has 3 rings (SSSR count). The molecule has 0 fully saturated rings. The van der Waals surface area contributed by atoms with E-state index in [4.69, 9.17) is 9.47 Å². The van der Waals surface area contributed by atoms with E-state index >= 15 is 0 Å². The number of benzene rings is 2. The number of carbonyl (C=O) groups is 2. The first-order chi connectivity index (χ1) is 15.8. The molecule has 0 aliphatic carbocycles. The quantitative estimate of drug-likeness (QED) is 0.441. The average Bonchev–Trinajstić information content (AvgIpc) is 3.08. The molecule has 0 spiro atoms. The summed E-state index contributed by atoms with van der Waals surface area (Å²) in [6.07, 6.45) is 1.76. The van der Waals surface area contributed by atoms with Crippen LogP contribution >= 0.6 is 27.7 Å². The van der Waals surface area contributed by atoms with Gasteiger partial charge >= 0.3 is 5.97 Å². The summed E-state index contributed by atoms with van der Waals surface area (Å²) < 4.78 is 25.6. The summed E-state index contributed by atoms with van der Waals surface area (Å²) in [5.74, 6) is -1.46. The van der Waals surface area contributed by atoms with Crippen LogP contribution in [-0.2, 0) is 20.9 Å². The van der Waals surface area contributed by atoms with Crippen molar-refractivity contribution < 1.29 is 28.6 Å². The number of rotatable bonds is 7. The van der Waals surface area contributed by atoms with Crippen molar-refractivity contribution in [3.8, 4) is 5.75 Å². The van der Waals surface area contributed by atoms with Crippen LogP contribution in [0.5, 0.6) is 5.75 Å². The maximum atomic E-state index is 14.0. The lowest BCUT2D eigenvalue weighted by molar-refractivity contribution is -0.138. The molecule has 1 aliphatic heterocycles. The first-order valence-corrected chi connectivity index (χ1v) is 11.7. The molecular weight excluding hydrogens is 513 g/mol. The molecule has 2 aromatic rings. The van der Waals surface area contributed by atoms with E-state index < -0.39 is 11.9 Å². The Kier molecular flexibility index (Phi) is 8.46. The number of hydrogen-bond donors (Lipinski definition) is 1. The number of hydrogen-bond acceptors (Lipinski definition) is 6. The fourth-order valence-corrected chi connectivity index (χ4v) is 4.26. The molecule has 1 aliphatic rings. The van der Waals surface area contributed by atoms with Gasteiger partial charge in [-0.25, -0.2) is 14.2 Å². The third-order valence-corrected chi connectivity index (χ3v) is 6.01. The Labute approximate surface area is 203 Å². The van der Waals surface area contributed by atoms with Crippen LogP contribution in [0.15, 0.2) is 68.2 Å². The minimum absolute atomic E-state index is 0.00519. The summed E-state index contributed by atoms with van der Waals surface area (Å²) in [4.78, 5) is 28.5. The first kappa shape index (κ1) is 24.7. The van der Waals surface area contributed by atoms with Gasteiger partial charge in [-0.2, -0.15) is 0 Å². The highest BCUT2D eigenvalue weighted by Crippen LogP contribution is 2.40. The van der Waals surface area contributed by atoms with Crippen molar-refractivity contribution in [2.45, 2.75) is 26.9 Å². The van der Waals surface area contributed by atoms with Gasteiger partial charge in [-0.3, -0.25) is 4.79 Å². The van der Waals surface area contributed by atoms with Gasteiger partial charge in [0.1, 0.15) is 34.5 Å². The molecule has 2 aromatic carbocycles. The largest absolute Gasteiger partial charge is 0.506 e. The number of ether oxygens (including phenoxy) is 2. The van der Waals surface area contributed by atoms with Gasteiger partial charge in [0.05, 0.1) is 11.5 Å². The molecule has 0 bridgehead atoms. The normalized spacial score (nSPS) is 15.9. The Balaban J connectivity index is 1.98. The second-order valence-corrected chi connectivity index (χ2v) is 8.73. The lowest BCUT2D eigenvalue weighted by Crippen LogP contribution is -2.14. The third-order valence-electron chi connectivity index (χ3n) is 4.50. The molecule has 1 amide bonds. The van der Waals surface area contributed by atoms with Crippen molar-refractivity contribution >= 4 is 50.7 Å².